The van der Waals surface area contributed by atoms with Crippen LogP contribution < -0.4 is 4.90 Å². The molecule has 0 bridgehead atoms. The lowest BCUT2D eigenvalue weighted by atomic mass is 9.89. The zero-order valence-corrected chi connectivity index (χ0v) is 25.1. The molecule has 5 heteroatoms. The fourth-order valence-electron chi connectivity index (χ4n) is 7.74. The van der Waals surface area contributed by atoms with E-state index in [1.807, 2.05) is 18.2 Å². The van der Waals surface area contributed by atoms with Gasteiger partial charge in [-0.15, -0.1) is 0 Å². The van der Waals surface area contributed by atoms with Crippen LogP contribution in [0.1, 0.15) is 0 Å². The Morgan fingerprint density at radius 2 is 1.15 bits per heavy atom. The van der Waals surface area contributed by atoms with Crippen molar-refractivity contribution in [2.24, 2.45) is 0 Å². The van der Waals surface area contributed by atoms with Gasteiger partial charge >= 0.3 is 0 Å². The van der Waals surface area contributed by atoms with Crippen LogP contribution in [-0.4, -0.2) is 14.5 Å². The van der Waals surface area contributed by atoms with E-state index in [-0.39, 0.29) is 0 Å². The van der Waals surface area contributed by atoms with Crippen molar-refractivity contribution in [3.05, 3.63) is 146 Å². The normalized spacial score (nSPS) is 12.6. The molecule has 0 spiro atoms. The second kappa shape index (κ2) is 9.05. The third kappa shape index (κ3) is 3.27. The zero-order chi connectivity index (χ0) is 30.6. The summed E-state index contributed by atoms with van der Waals surface area (Å²) in [4.78, 5) is 13.2. The molecule has 218 valence electrons. The molecule has 7 aromatic carbocycles. The molecule has 0 fully saturated rings. The van der Waals surface area contributed by atoms with E-state index in [9.17, 15) is 0 Å². The number of anilines is 3. The van der Waals surface area contributed by atoms with Gasteiger partial charge in [0.1, 0.15) is 11.1 Å². The lowest BCUT2D eigenvalue weighted by Crippen LogP contribution is -2.19. The first-order valence-electron chi connectivity index (χ1n) is 15.9. The minimum absolute atomic E-state index is 0.598. The third-order valence-electron chi connectivity index (χ3n) is 9.72. The Morgan fingerprint density at radius 1 is 0.489 bits per heavy atom. The Balaban J connectivity index is 1.33. The van der Waals surface area contributed by atoms with Crippen LogP contribution in [0.2, 0.25) is 0 Å². The van der Waals surface area contributed by atoms with E-state index in [4.69, 9.17) is 14.4 Å². The van der Waals surface area contributed by atoms with Gasteiger partial charge in [0, 0.05) is 32.5 Å². The van der Waals surface area contributed by atoms with E-state index in [0.29, 0.717) is 17.3 Å². The summed E-state index contributed by atoms with van der Waals surface area (Å²) in [5.74, 6) is 1.31. The molecule has 0 atom stereocenters. The first kappa shape index (κ1) is 24.8. The van der Waals surface area contributed by atoms with Crippen LogP contribution in [-0.2, 0) is 0 Å². The standard InChI is InChI=1S/C42H24N4O/c1-2-14-27-25(11-1)23-24-31-30-18-9-12-26-13-10-21-35(37(26)30)46(39(27)31)42-43-38-32-17-5-8-22-36(32)47-40(38)41(44-42)45-33-19-6-3-15-28(33)29-16-4-7-20-34(29)45/h1-24H. The summed E-state index contributed by atoms with van der Waals surface area (Å²) in [6.45, 7) is 0. The molecule has 0 saturated heterocycles. The van der Waals surface area contributed by atoms with E-state index in [0.717, 1.165) is 49.8 Å². The van der Waals surface area contributed by atoms with Gasteiger partial charge in [0.05, 0.1) is 22.4 Å². The summed E-state index contributed by atoms with van der Waals surface area (Å²) in [7, 11) is 0. The molecular weight excluding hydrogens is 576 g/mol. The van der Waals surface area contributed by atoms with E-state index < -0.39 is 0 Å². The number of fused-ring (bicyclic) bond motifs is 10. The summed E-state index contributed by atoms with van der Waals surface area (Å²) in [6, 6.07) is 51.3. The molecule has 11 rings (SSSR count). The predicted molar refractivity (Wildman–Crippen MR) is 192 cm³/mol. The molecular formula is C42H24N4O. The molecule has 0 saturated carbocycles. The van der Waals surface area contributed by atoms with Crippen molar-refractivity contribution < 1.29 is 4.42 Å². The van der Waals surface area contributed by atoms with Crippen LogP contribution in [0.4, 0.5) is 17.3 Å². The van der Waals surface area contributed by atoms with Gasteiger partial charge in [0.25, 0.3) is 0 Å². The maximum absolute atomic E-state index is 6.64. The molecule has 47 heavy (non-hydrogen) atoms. The van der Waals surface area contributed by atoms with E-state index in [1.165, 1.54) is 32.5 Å². The number of benzene rings is 7. The Morgan fingerprint density at radius 3 is 1.96 bits per heavy atom. The molecule has 0 unspecified atom stereocenters. The van der Waals surface area contributed by atoms with Gasteiger partial charge in [-0.2, -0.15) is 4.98 Å². The molecule has 3 aromatic heterocycles. The SMILES string of the molecule is c1ccc2c3c(ccc2c1)-c1cccc2cccc(c12)N3c1nc(-n2c3ccccc3c3ccccc32)c2oc3ccccc3c2n1. The molecule has 0 amide bonds. The van der Waals surface area contributed by atoms with Crippen LogP contribution in [0.5, 0.6) is 0 Å². The summed E-state index contributed by atoms with van der Waals surface area (Å²) in [5, 5.41) is 7.98. The second-order valence-corrected chi connectivity index (χ2v) is 12.2. The van der Waals surface area contributed by atoms with Crippen molar-refractivity contribution in [1.82, 2.24) is 14.5 Å². The molecule has 0 aliphatic carbocycles. The van der Waals surface area contributed by atoms with Crippen molar-refractivity contribution in [3.63, 3.8) is 0 Å². The second-order valence-electron chi connectivity index (χ2n) is 12.2. The van der Waals surface area contributed by atoms with Gasteiger partial charge in [-0.3, -0.25) is 9.47 Å². The maximum Gasteiger partial charge on any atom is 0.237 e. The highest BCUT2D eigenvalue weighted by molar-refractivity contribution is 6.19. The highest BCUT2D eigenvalue weighted by Gasteiger charge is 2.31. The minimum Gasteiger partial charge on any atom is -0.450 e. The van der Waals surface area contributed by atoms with Gasteiger partial charge in [0.2, 0.25) is 5.95 Å². The van der Waals surface area contributed by atoms with Crippen LogP contribution in [0, 0.1) is 0 Å². The smallest absolute Gasteiger partial charge is 0.237 e. The van der Waals surface area contributed by atoms with E-state index >= 15 is 0 Å². The Bertz CT molecular complexity index is 2870. The average molecular weight is 601 g/mol. The summed E-state index contributed by atoms with van der Waals surface area (Å²) in [5.41, 5.74) is 8.88. The van der Waals surface area contributed by atoms with Crippen LogP contribution in [0.15, 0.2) is 150 Å². The lowest BCUT2D eigenvalue weighted by molar-refractivity contribution is 0.662. The zero-order valence-electron chi connectivity index (χ0n) is 25.1. The highest BCUT2D eigenvalue weighted by Crippen LogP contribution is 2.53. The van der Waals surface area contributed by atoms with Crippen LogP contribution >= 0.6 is 0 Å². The first-order valence-corrected chi connectivity index (χ1v) is 15.9. The van der Waals surface area contributed by atoms with Crippen molar-refractivity contribution in [1.29, 1.82) is 0 Å². The largest absolute Gasteiger partial charge is 0.450 e. The van der Waals surface area contributed by atoms with Crippen LogP contribution in [0.25, 0.3) is 82.4 Å². The Hall–Kier alpha value is -6.46. The number of hydrogen-bond donors (Lipinski definition) is 0. The quantitative estimate of drug-likeness (QED) is 0.198. The average Bonchev–Trinajstić information content (AvgIpc) is 3.67. The topological polar surface area (TPSA) is 47.1 Å². The highest BCUT2D eigenvalue weighted by atomic mass is 16.3. The van der Waals surface area contributed by atoms with Crippen molar-refractivity contribution in [2.75, 3.05) is 4.90 Å². The number of furan rings is 1. The van der Waals surface area contributed by atoms with E-state index in [2.05, 4.69) is 137 Å². The van der Waals surface area contributed by atoms with E-state index in [1.54, 1.807) is 0 Å². The van der Waals surface area contributed by atoms with Crippen molar-refractivity contribution in [3.8, 4) is 16.9 Å². The summed E-state index contributed by atoms with van der Waals surface area (Å²) in [6.07, 6.45) is 0. The maximum atomic E-state index is 6.64. The summed E-state index contributed by atoms with van der Waals surface area (Å²) >= 11 is 0. The first-order chi connectivity index (χ1) is 23.3. The molecule has 10 aromatic rings. The summed E-state index contributed by atoms with van der Waals surface area (Å²) < 4.78 is 8.88. The van der Waals surface area contributed by atoms with Gasteiger partial charge < -0.3 is 4.42 Å². The molecule has 4 heterocycles. The van der Waals surface area contributed by atoms with Gasteiger partial charge in [-0.25, -0.2) is 4.98 Å². The van der Waals surface area contributed by atoms with Gasteiger partial charge in [-0.1, -0.05) is 115 Å². The monoisotopic (exact) mass is 600 g/mol. The molecule has 1 aliphatic rings. The van der Waals surface area contributed by atoms with Gasteiger partial charge in [-0.05, 0) is 46.7 Å². The lowest BCUT2D eigenvalue weighted by Gasteiger charge is -2.33. The van der Waals surface area contributed by atoms with Crippen molar-refractivity contribution >= 4 is 82.7 Å². The van der Waals surface area contributed by atoms with Crippen molar-refractivity contribution in [2.45, 2.75) is 0 Å². The fraction of sp³-hybridized carbons (Fsp3) is 0. The van der Waals surface area contributed by atoms with Crippen LogP contribution in [0.3, 0.4) is 0 Å². The third-order valence-corrected chi connectivity index (χ3v) is 9.72. The van der Waals surface area contributed by atoms with Gasteiger partial charge in [0.15, 0.2) is 11.4 Å². The Kier molecular flexibility index (Phi) is 4.78. The molecule has 0 radical (unpaired) electrons. The molecule has 1 aliphatic heterocycles. The number of nitrogens with zero attached hydrogens (tertiary/aromatic N) is 4. The number of hydrogen-bond acceptors (Lipinski definition) is 4. The fourth-order valence-corrected chi connectivity index (χ4v) is 7.74. The number of rotatable bonds is 2. The number of aromatic nitrogens is 3. The predicted octanol–water partition coefficient (Wildman–Crippen LogP) is 11.2. The molecule has 0 N–H and O–H groups in total. The Labute approximate surface area is 268 Å². The minimum atomic E-state index is 0.598. The number of para-hydroxylation sites is 3. The molecule has 5 nitrogen and oxygen atoms in total.